The number of H-pyrrole nitrogens is 1. The van der Waals surface area contributed by atoms with Crippen molar-refractivity contribution >= 4 is 48.4 Å². The fraction of sp³-hybridized carbons (Fsp3) is 0.227. The molecule has 1 aliphatic rings. The van der Waals surface area contributed by atoms with E-state index in [-0.39, 0.29) is 0 Å². The van der Waals surface area contributed by atoms with E-state index in [1.165, 1.54) is 5.41 Å². The molecule has 1 aromatic carbocycles. The summed E-state index contributed by atoms with van der Waals surface area (Å²) >= 11 is 1.60. The van der Waals surface area contributed by atoms with E-state index in [1.54, 1.807) is 27.9 Å². The molecule has 1 saturated heterocycles. The molecule has 0 spiro atoms. The van der Waals surface area contributed by atoms with Gasteiger partial charge in [0.05, 0.1) is 0 Å². The summed E-state index contributed by atoms with van der Waals surface area (Å²) in [6.45, 7) is 3.20. The lowest BCUT2D eigenvalue weighted by Crippen LogP contribution is -2.47. The molecular formula is C22H22N4O2S2. The van der Waals surface area contributed by atoms with Crippen molar-refractivity contribution in [2.45, 2.75) is 6.54 Å². The molecule has 6 nitrogen and oxygen atoms in total. The van der Waals surface area contributed by atoms with Gasteiger partial charge in [0, 0.05) is 76.7 Å². The minimum Gasteiger partial charge on any atom is -0.357 e. The van der Waals surface area contributed by atoms with Crippen LogP contribution in [0.1, 0.15) is 10.6 Å². The Labute approximate surface area is 179 Å². The van der Waals surface area contributed by atoms with Crippen LogP contribution in [0, 0.1) is 0 Å². The van der Waals surface area contributed by atoms with Crippen molar-refractivity contribution in [2.24, 2.45) is 0 Å². The summed E-state index contributed by atoms with van der Waals surface area (Å²) < 4.78 is 28.3. The van der Waals surface area contributed by atoms with Crippen LogP contribution in [-0.4, -0.2) is 53.8 Å². The highest BCUT2D eigenvalue weighted by atomic mass is 32.2. The summed E-state index contributed by atoms with van der Waals surface area (Å²) in [5, 5.41) is 3.58. The van der Waals surface area contributed by atoms with Gasteiger partial charge in [0.15, 0.2) is 0 Å². The van der Waals surface area contributed by atoms with Gasteiger partial charge < -0.3 is 4.98 Å². The van der Waals surface area contributed by atoms with E-state index in [1.807, 2.05) is 36.5 Å². The fourth-order valence-electron chi connectivity index (χ4n) is 3.82. The van der Waals surface area contributed by atoms with Crippen LogP contribution in [0.3, 0.4) is 0 Å². The largest absolute Gasteiger partial charge is 0.357 e. The number of nitrogens with one attached hydrogen (secondary N) is 1. The van der Waals surface area contributed by atoms with Gasteiger partial charge in [-0.1, -0.05) is 18.2 Å². The van der Waals surface area contributed by atoms with Crippen molar-refractivity contribution in [1.82, 2.24) is 19.2 Å². The average molecular weight is 439 g/mol. The zero-order valence-corrected chi connectivity index (χ0v) is 18.0. The number of hydrogen-bond donors (Lipinski definition) is 1. The lowest BCUT2D eigenvalue weighted by molar-refractivity contribution is 0.181. The number of rotatable bonds is 5. The Balaban J connectivity index is 1.21. The van der Waals surface area contributed by atoms with Crippen LogP contribution in [0.5, 0.6) is 0 Å². The third-order valence-corrected chi connectivity index (χ3v) is 8.06. The third kappa shape index (κ3) is 4.04. The van der Waals surface area contributed by atoms with E-state index in [9.17, 15) is 8.42 Å². The normalized spacial score (nSPS) is 16.8. The maximum absolute atomic E-state index is 12.8. The molecule has 3 aromatic heterocycles. The van der Waals surface area contributed by atoms with E-state index >= 15 is 0 Å². The Bertz CT molecular complexity index is 1250. The number of hydrogen-bond acceptors (Lipinski definition) is 5. The van der Waals surface area contributed by atoms with E-state index in [4.69, 9.17) is 0 Å². The van der Waals surface area contributed by atoms with Gasteiger partial charge in [-0.2, -0.15) is 4.31 Å². The zero-order chi connectivity index (χ0) is 20.6. The molecule has 0 radical (unpaired) electrons. The molecular weight excluding hydrogens is 416 g/mol. The molecule has 0 saturated carbocycles. The zero-order valence-electron chi connectivity index (χ0n) is 16.4. The van der Waals surface area contributed by atoms with Gasteiger partial charge in [0.1, 0.15) is 0 Å². The monoisotopic (exact) mass is 438 g/mol. The number of fused-ring (bicyclic) bond motifs is 2. The molecule has 30 heavy (non-hydrogen) atoms. The summed E-state index contributed by atoms with van der Waals surface area (Å²) in [6.07, 6.45) is 5.34. The number of sulfonamides is 1. The number of pyridine rings is 1. The van der Waals surface area contributed by atoms with Crippen LogP contribution in [0.2, 0.25) is 0 Å². The second-order valence-corrected chi connectivity index (χ2v) is 10.4. The maximum atomic E-state index is 12.8. The molecule has 154 valence electrons. The number of aromatic amines is 1. The number of thiophene rings is 1. The molecule has 1 fully saturated rings. The van der Waals surface area contributed by atoms with Crippen molar-refractivity contribution < 1.29 is 8.42 Å². The Morgan fingerprint density at radius 1 is 1.07 bits per heavy atom. The summed E-state index contributed by atoms with van der Waals surface area (Å²) in [7, 11) is -3.42. The van der Waals surface area contributed by atoms with Crippen LogP contribution >= 0.6 is 11.3 Å². The Morgan fingerprint density at radius 3 is 2.70 bits per heavy atom. The maximum Gasteiger partial charge on any atom is 0.236 e. The van der Waals surface area contributed by atoms with E-state index in [0.717, 1.165) is 38.1 Å². The van der Waals surface area contributed by atoms with Gasteiger partial charge in [0.2, 0.25) is 10.0 Å². The first-order chi connectivity index (χ1) is 14.6. The predicted octanol–water partition coefficient (Wildman–Crippen LogP) is 3.90. The summed E-state index contributed by atoms with van der Waals surface area (Å²) in [4.78, 5) is 10.8. The van der Waals surface area contributed by atoms with Crippen molar-refractivity contribution in [2.75, 3.05) is 26.2 Å². The molecule has 0 atom stereocenters. The SMILES string of the molecule is O=S(=O)(C=Cc1cc2ccccc2s1)N1CCN(Cc2cc3cnccc3[nH]2)CC1. The molecule has 1 N–H and O–H groups in total. The number of benzene rings is 1. The molecule has 4 heterocycles. The summed E-state index contributed by atoms with van der Waals surface area (Å²) in [5.74, 6) is 0. The molecule has 0 aliphatic carbocycles. The highest BCUT2D eigenvalue weighted by Crippen LogP contribution is 2.26. The quantitative estimate of drug-likeness (QED) is 0.513. The smallest absolute Gasteiger partial charge is 0.236 e. The molecule has 0 amide bonds. The first kappa shape index (κ1) is 19.4. The summed E-state index contributed by atoms with van der Waals surface area (Å²) in [5.41, 5.74) is 2.20. The standard InChI is InChI=1S/C22H22N4O2S2/c27-30(28,12-6-20-14-17-3-1-2-4-22(17)29-20)26-10-8-25(9-11-26)16-19-13-18-15-23-7-5-21(18)24-19/h1-7,12-15,24H,8-11,16H2. The number of piperazine rings is 1. The summed E-state index contributed by atoms with van der Waals surface area (Å²) in [6, 6.07) is 14.2. The van der Waals surface area contributed by atoms with Gasteiger partial charge in [-0.05, 0) is 35.7 Å². The van der Waals surface area contributed by atoms with E-state index in [2.05, 4.69) is 27.0 Å². The Hall–Kier alpha value is -2.52. The molecule has 4 aromatic rings. The average Bonchev–Trinajstić information content (AvgIpc) is 3.35. The van der Waals surface area contributed by atoms with Crippen molar-refractivity contribution in [1.29, 1.82) is 0 Å². The van der Waals surface area contributed by atoms with Crippen molar-refractivity contribution in [3.8, 4) is 0 Å². The third-order valence-electron chi connectivity index (χ3n) is 5.41. The van der Waals surface area contributed by atoms with Crippen LogP contribution < -0.4 is 0 Å². The minimum atomic E-state index is -3.42. The van der Waals surface area contributed by atoms with Crippen molar-refractivity contribution in [3.05, 3.63) is 70.8 Å². The second kappa shape index (κ2) is 7.96. The van der Waals surface area contributed by atoms with E-state index < -0.39 is 10.0 Å². The van der Waals surface area contributed by atoms with Gasteiger partial charge in [-0.25, -0.2) is 8.42 Å². The van der Waals surface area contributed by atoms with Gasteiger partial charge in [-0.15, -0.1) is 11.3 Å². The van der Waals surface area contributed by atoms with Gasteiger partial charge in [-0.3, -0.25) is 9.88 Å². The molecule has 5 rings (SSSR count). The molecule has 1 aliphatic heterocycles. The van der Waals surface area contributed by atoms with Gasteiger partial charge >= 0.3 is 0 Å². The van der Waals surface area contributed by atoms with Crippen LogP contribution in [0.25, 0.3) is 27.1 Å². The first-order valence-corrected chi connectivity index (χ1v) is 12.2. The number of aromatic nitrogens is 2. The van der Waals surface area contributed by atoms with E-state index in [0.29, 0.717) is 26.2 Å². The van der Waals surface area contributed by atoms with Crippen molar-refractivity contribution in [3.63, 3.8) is 0 Å². The van der Waals surface area contributed by atoms with Crippen LogP contribution in [0.4, 0.5) is 0 Å². The van der Waals surface area contributed by atoms with Crippen LogP contribution in [-0.2, 0) is 16.6 Å². The Morgan fingerprint density at radius 2 is 1.90 bits per heavy atom. The topological polar surface area (TPSA) is 69.3 Å². The number of nitrogens with zero attached hydrogens (tertiary/aromatic N) is 3. The molecule has 0 bridgehead atoms. The van der Waals surface area contributed by atoms with Gasteiger partial charge in [0.25, 0.3) is 0 Å². The molecule has 0 unspecified atom stereocenters. The highest BCUT2D eigenvalue weighted by Gasteiger charge is 2.25. The second-order valence-electron chi connectivity index (χ2n) is 7.47. The predicted molar refractivity (Wildman–Crippen MR) is 123 cm³/mol. The Kier molecular flexibility index (Phi) is 5.16. The fourth-order valence-corrected chi connectivity index (χ4v) is 6.04. The lowest BCUT2D eigenvalue weighted by Gasteiger charge is -2.33. The highest BCUT2D eigenvalue weighted by molar-refractivity contribution is 7.92. The molecule has 8 heteroatoms. The van der Waals surface area contributed by atoms with Crippen LogP contribution in [0.15, 0.2) is 60.3 Å². The minimum absolute atomic E-state index is 0.501. The lowest BCUT2D eigenvalue weighted by atomic mass is 10.2. The first-order valence-electron chi connectivity index (χ1n) is 9.88.